The molecule has 146 valence electrons. The van der Waals surface area contributed by atoms with Crippen LogP contribution in [-0.2, 0) is 0 Å². The molecule has 2 aliphatic rings. The van der Waals surface area contributed by atoms with Gasteiger partial charge in [-0.3, -0.25) is 4.90 Å². The Kier molecular flexibility index (Phi) is 4.74. The number of rotatable bonds is 5. The van der Waals surface area contributed by atoms with Crippen LogP contribution in [0.1, 0.15) is 36.6 Å². The Bertz CT molecular complexity index is 968. The topological polar surface area (TPSA) is 71.4 Å². The van der Waals surface area contributed by atoms with Crippen LogP contribution in [0.15, 0.2) is 30.6 Å². The van der Waals surface area contributed by atoms with Crippen LogP contribution in [0.4, 0.5) is 0 Å². The summed E-state index contributed by atoms with van der Waals surface area (Å²) < 4.78 is 6.24. The third-order valence-corrected chi connectivity index (χ3v) is 7.29. The number of nitrogens with zero attached hydrogens (tertiary/aromatic N) is 4. The molecule has 0 amide bonds. The summed E-state index contributed by atoms with van der Waals surface area (Å²) in [7, 11) is 1.57. The molecule has 0 spiro atoms. The van der Waals surface area contributed by atoms with E-state index in [0.29, 0.717) is 30.6 Å². The molecule has 1 atom stereocenters. The Morgan fingerprint density at radius 1 is 1.21 bits per heavy atom. The number of hydrogen-bond donors (Lipinski definition) is 1. The summed E-state index contributed by atoms with van der Waals surface area (Å²) in [6.07, 6.45) is 8.26. The van der Waals surface area contributed by atoms with Gasteiger partial charge in [0.15, 0.2) is 0 Å². The van der Waals surface area contributed by atoms with Crippen LogP contribution in [0.25, 0.3) is 21.3 Å². The van der Waals surface area contributed by atoms with E-state index in [-0.39, 0.29) is 0 Å². The predicted molar refractivity (Wildman–Crippen MR) is 110 cm³/mol. The maximum absolute atomic E-state index is 9.56. The third kappa shape index (κ3) is 3.17. The van der Waals surface area contributed by atoms with Gasteiger partial charge in [-0.1, -0.05) is 6.07 Å². The summed E-state index contributed by atoms with van der Waals surface area (Å²) in [5.74, 6) is 0.551. The van der Waals surface area contributed by atoms with Crippen molar-refractivity contribution in [2.24, 2.45) is 0 Å². The van der Waals surface area contributed by atoms with E-state index in [1.807, 2.05) is 0 Å². The van der Waals surface area contributed by atoms with Crippen molar-refractivity contribution in [2.45, 2.75) is 43.7 Å². The Morgan fingerprint density at radius 3 is 2.79 bits per heavy atom. The van der Waals surface area contributed by atoms with E-state index in [0.717, 1.165) is 42.5 Å². The van der Waals surface area contributed by atoms with Crippen LogP contribution < -0.4 is 4.74 Å². The molecule has 1 aliphatic carbocycles. The average Bonchev–Trinajstić information content (AvgIpc) is 3.33. The van der Waals surface area contributed by atoms with Crippen LogP contribution in [0.2, 0.25) is 0 Å². The monoisotopic (exact) mass is 396 g/mol. The molecule has 0 bridgehead atoms. The van der Waals surface area contributed by atoms with E-state index in [2.05, 4.69) is 33.1 Å². The number of benzene rings is 1. The van der Waals surface area contributed by atoms with Crippen molar-refractivity contribution in [3.8, 4) is 17.1 Å². The highest BCUT2D eigenvalue weighted by atomic mass is 32.1. The predicted octanol–water partition coefficient (Wildman–Crippen LogP) is 3.46. The molecule has 3 aromatic rings. The first-order valence-corrected chi connectivity index (χ1v) is 10.7. The Labute approximate surface area is 168 Å². The number of aromatic nitrogens is 3. The zero-order valence-corrected chi connectivity index (χ0v) is 16.7. The zero-order chi connectivity index (χ0) is 19.1. The molecule has 28 heavy (non-hydrogen) atoms. The normalized spacial score (nSPS) is 25.1. The fourth-order valence-electron chi connectivity index (χ4n) is 4.46. The summed E-state index contributed by atoms with van der Waals surface area (Å²) in [4.78, 5) is 15.8. The van der Waals surface area contributed by atoms with Crippen molar-refractivity contribution in [1.29, 1.82) is 0 Å². The van der Waals surface area contributed by atoms with Gasteiger partial charge in [-0.2, -0.15) is 0 Å². The van der Waals surface area contributed by atoms with Crippen LogP contribution >= 0.6 is 11.3 Å². The Morgan fingerprint density at radius 2 is 2.04 bits per heavy atom. The molecule has 1 aliphatic heterocycles. The molecule has 5 rings (SSSR count). The fraction of sp³-hybridized carbons (Fsp3) is 0.476. The molecule has 1 N–H and O–H groups in total. The van der Waals surface area contributed by atoms with Crippen molar-refractivity contribution in [3.05, 3.63) is 35.6 Å². The minimum Gasteiger partial charge on any atom is -0.467 e. The SMILES string of the molecule is COc1ncc(-c2ccc3nc([C@H]4C[C@@H](N5CCC[C@H]5CO)C4)sc3c2)cn1. The van der Waals surface area contributed by atoms with E-state index in [1.54, 1.807) is 30.8 Å². The Balaban J connectivity index is 1.32. The first kappa shape index (κ1) is 18.0. The number of methoxy groups -OCH3 is 1. The second kappa shape index (κ2) is 7.39. The molecule has 1 aromatic carbocycles. The van der Waals surface area contributed by atoms with Gasteiger partial charge in [-0.25, -0.2) is 15.0 Å². The first-order valence-electron chi connectivity index (χ1n) is 9.88. The van der Waals surface area contributed by atoms with Crippen LogP contribution in [0.3, 0.4) is 0 Å². The third-order valence-electron chi connectivity index (χ3n) is 6.11. The fourth-order valence-corrected chi connectivity index (χ4v) is 5.59. The molecule has 6 nitrogen and oxygen atoms in total. The largest absolute Gasteiger partial charge is 0.467 e. The van der Waals surface area contributed by atoms with Crippen molar-refractivity contribution >= 4 is 21.6 Å². The second-order valence-electron chi connectivity index (χ2n) is 7.73. The van der Waals surface area contributed by atoms with Crippen molar-refractivity contribution in [2.75, 3.05) is 20.3 Å². The average molecular weight is 397 g/mol. The van der Waals surface area contributed by atoms with Gasteiger partial charge in [0, 0.05) is 36.0 Å². The van der Waals surface area contributed by atoms with Crippen LogP contribution in [0.5, 0.6) is 6.01 Å². The van der Waals surface area contributed by atoms with E-state index < -0.39 is 0 Å². The number of hydrogen-bond acceptors (Lipinski definition) is 7. The van der Waals surface area contributed by atoms with E-state index in [9.17, 15) is 5.11 Å². The number of fused-ring (bicyclic) bond motifs is 1. The molecule has 3 heterocycles. The quantitative estimate of drug-likeness (QED) is 0.712. The number of aliphatic hydroxyl groups is 1. The number of aliphatic hydroxyl groups excluding tert-OH is 1. The van der Waals surface area contributed by atoms with Crippen molar-refractivity contribution in [1.82, 2.24) is 19.9 Å². The molecule has 2 fully saturated rings. The lowest BCUT2D eigenvalue weighted by atomic mass is 9.79. The van der Waals surface area contributed by atoms with E-state index in [1.165, 1.54) is 16.1 Å². The Hall–Kier alpha value is -2.09. The molecule has 7 heteroatoms. The molecular weight excluding hydrogens is 372 g/mol. The lowest BCUT2D eigenvalue weighted by Crippen LogP contribution is -2.47. The summed E-state index contributed by atoms with van der Waals surface area (Å²) in [5.41, 5.74) is 3.14. The van der Waals surface area contributed by atoms with Crippen LogP contribution in [-0.4, -0.2) is 57.3 Å². The van der Waals surface area contributed by atoms with Gasteiger partial charge in [0.2, 0.25) is 0 Å². The smallest absolute Gasteiger partial charge is 0.316 e. The molecule has 2 aromatic heterocycles. The van der Waals surface area contributed by atoms with Crippen LogP contribution in [0, 0.1) is 0 Å². The number of thiazole rings is 1. The minimum atomic E-state index is 0.292. The van der Waals surface area contributed by atoms with Gasteiger partial charge in [-0.15, -0.1) is 11.3 Å². The second-order valence-corrected chi connectivity index (χ2v) is 8.79. The lowest BCUT2D eigenvalue weighted by molar-refractivity contribution is 0.0662. The van der Waals surface area contributed by atoms with Gasteiger partial charge >= 0.3 is 6.01 Å². The highest BCUT2D eigenvalue weighted by molar-refractivity contribution is 7.18. The van der Waals surface area contributed by atoms with Gasteiger partial charge in [0.05, 0.1) is 28.9 Å². The van der Waals surface area contributed by atoms with Gasteiger partial charge in [0.1, 0.15) is 0 Å². The molecule has 1 saturated heterocycles. The molecule has 1 saturated carbocycles. The summed E-state index contributed by atoms with van der Waals surface area (Å²) in [6.45, 7) is 1.43. The maximum atomic E-state index is 9.56. The maximum Gasteiger partial charge on any atom is 0.316 e. The first-order chi connectivity index (χ1) is 13.7. The molecule has 0 radical (unpaired) electrons. The van der Waals surface area contributed by atoms with Crippen molar-refractivity contribution in [3.63, 3.8) is 0 Å². The standard InChI is InChI=1S/C21H24N4O2S/c1-27-21-22-10-15(11-23-21)13-4-5-18-19(9-13)28-20(24-18)14-7-17(8-14)25-6-2-3-16(25)12-26/h4-5,9-11,14,16-17,26H,2-3,6-8,12H2,1H3/t14-,16-,17+/m0/s1. The highest BCUT2D eigenvalue weighted by Gasteiger charge is 2.40. The van der Waals surface area contributed by atoms with E-state index >= 15 is 0 Å². The van der Waals surface area contributed by atoms with E-state index in [4.69, 9.17) is 9.72 Å². The highest BCUT2D eigenvalue weighted by Crippen LogP contribution is 2.44. The number of likely N-dealkylation sites (tertiary alicyclic amines) is 1. The number of ether oxygens (including phenoxy) is 1. The lowest BCUT2D eigenvalue weighted by Gasteiger charge is -2.42. The summed E-state index contributed by atoms with van der Waals surface area (Å²) in [5, 5.41) is 10.8. The minimum absolute atomic E-state index is 0.292. The zero-order valence-electron chi connectivity index (χ0n) is 15.9. The summed E-state index contributed by atoms with van der Waals surface area (Å²) >= 11 is 1.80. The molecular formula is C21H24N4O2S. The molecule has 0 unspecified atom stereocenters. The van der Waals surface area contributed by atoms with Gasteiger partial charge in [0.25, 0.3) is 0 Å². The summed E-state index contributed by atoms with van der Waals surface area (Å²) in [6, 6.07) is 7.72. The van der Waals surface area contributed by atoms with Crippen molar-refractivity contribution < 1.29 is 9.84 Å². The van der Waals surface area contributed by atoms with Gasteiger partial charge in [-0.05, 0) is 49.9 Å². The van der Waals surface area contributed by atoms with Gasteiger partial charge < -0.3 is 9.84 Å².